The van der Waals surface area contributed by atoms with E-state index >= 15 is 0 Å². The van der Waals surface area contributed by atoms with Gasteiger partial charge >= 0.3 is 0 Å². The SMILES string of the molecule is C[C@@H]1Cc2c([nH]c3ccccc23)[C@H](Cc2cccc3ccccc23)N1. The second kappa shape index (κ2) is 5.75. The summed E-state index contributed by atoms with van der Waals surface area (Å²) in [6.07, 6.45) is 2.09. The van der Waals surface area contributed by atoms with E-state index in [1.54, 1.807) is 0 Å². The van der Waals surface area contributed by atoms with Crippen molar-refractivity contribution >= 4 is 21.7 Å². The Morgan fingerprint density at radius 2 is 1.64 bits per heavy atom. The minimum Gasteiger partial charge on any atom is -0.357 e. The Morgan fingerprint density at radius 1 is 0.880 bits per heavy atom. The molecule has 124 valence electrons. The van der Waals surface area contributed by atoms with E-state index in [9.17, 15) is 0 Å². The van der Waals surface area contributed by atoms with Crippen molar-refractivity contribution in [1.82, 2.24) is 10.3 Å². The predicted octanol–water partition coefficient (Wildman–Crippen LogP) is 5.14. The summed E-state index contributed by atoms with van der Waals surface area (Å²) in [4.78, 5) is 3.69. The Morgan fingerprint density at radius 3 is 2.56 bits per heavy atom. The number of hydrogen-bond acceptors (Lipinski definition) is 1. The minimum absolute atomic E-state index is 0.331. The molecule has 0 aliphatic carbocycles. The monoisotopic (exact) mass is 326 g/mol. The van der Waals surface area contributed by atoms with Gasteiger partial charge in [-0.3, -0.25) is 0 Å². The fourth-order valence-corrected chi connectivity index (χ4v) is 4.38. The summed E-state index contributed by atoms with van der Waals surface area (Å²) in [5.41, 5.74) is 5.53. The van der Waals surface area contributed by atoms with Gasteiger partial charge in [0.25, 0.3) is 0 Å². The van der Waals surface area contributed by atoms with E-state index in [1.807, 2.05) is 0 Å². The van der Waals surface area contributed by atoms with Gasteiger partial charge in [-0.05, 0) is 47.7 Å². The number of nitrogens with one attached hydrogen (secondary N) is 2. The first kappa shape index (κ1) is 14.7. The molecule has 2 nitrogen and oxygen atoms in total. The van der Waals surface area contributed by atoms with Gasteiger partial charge in [-0.25, -0.2) is 0 Å². The zero-order valence-corrected chi connectivity index (χ0v) is 14.4. The summed E-state index contributed by atoms with van der Waals surface area (Å²) >= 11 is 0. The fraction of sp³-hybridized carbons (Fsp3) is 0.217. The van der Waals surface area contributed by atoms with Crippen LogP contribution in [-0.2, 0) is 12.8 Å². The normalized spacial score (nSPS) is 20.0. The van der Waals surface area contributed by atoms with Gasteiger partial charge in [-0.1, -0.05) is 60.7 Å². The topological polar surface area (TPSA) is 27.8 Å². The summed E-state index contributed by atoms with van der Waals surface area (Å²) in [7, 11) is 0. The Balaban J connectivity index is 1.61. The largest absolute Gasteiger partial charge is 0.357 e. The molecule has 0 unspecified atom stereocenters. The number of aromatic nitrogens is 1. The molecule has 1 aliphatic rings. The van der Waals surface area contributed by atoms with Gasteiger partial charge in [-0.2, -0.15) is 0 Å². The van der Waals surface area contributed by atoms with Crippen LogP contribution in [0.2, 0.25) is 0 Å². The summed E-state index contributed by atoms with van der Waals surface area (Å²) < 4.78 is 0. The molecule has 1 aliphatic heterocycles. The maximum Gasteiger partial charge on any atom is 0.0519 e. The number of aromatic amines is 1. The minimum atomic E-state index is 0.331. The standard InChI is InChI=1S/C23H22N2/c1-15-13-20-19-11-4-5-12-21(19)25-23(20)22(24-15)14-17-9-6-8-16-7-2-3-10-18(16)17/h2-12,15,22,24-25H,13-14H2,1H3/t15-,22+/m1/s1. The van der Waals surface area contributed by atoms with Gasteiger partial charge in [0.05, 0.1) is 6.04 Å². The lowest BCUT2D eigenvalue weighted by Gasteiger charge is -2.30. The molecule has 3 aromatic carbocycles. The van der Waals surface area contributed by atoms with Crippen LogP contribution in [0.25, 0.3) is 21.7 Å². The Bertz CT molecular complexity index is 1050. The molecule has 0 saturated heterocycles. The smallest absolute Gasteiger partial charge is 0.0519 e. The molecular weight excluding hydrogens is 304 g/mol. The molecule has 0 fully saturated rings. The Kier molecular flexibility index (Phi) is 3.39. The first-order valence-electron chi connectivity index (χ1n) is 9.12. The van der Waals surface area contributed by atoms with E-state index < -0.39 is 0 Å². The average molecular weight is 326 g/mol. The van der Waals surface area contributed by atoms with E-state index in [-0.39, 0.29) is 0 Å². The average Bonchev–Trinajstić information content (AvgIpc) is 3.01. The molecule has 0 saturated carbocycles. The van der Waals surface area contributed by atoms with Crippen molar-refractivity contribution in [2.75, 3.05) is 0 Å². The maximum atomic E-state index is 3.82. The van der Waals surface area contributed by atoms with Crippen LogP contribution in [0.15, 0.2) is 66.7 Å². The quantitative estimate of drug-likeness (QED) is 0.524. The highest BCUT2D eigenvalue weighted by molar-refractivity contribution is 5.87. The van der Waals surface area contributed by atoms with Crippen LogP contribution < -0.4 is 5.32 Å². The van der Waals surface area contributed by atoms with Crippen LogP contribution in [0.3, 0.4) is 0 Å². The molecule has 2 N–H and O–H groups in total. The van der Waals surface area contributed by atoms with Crippen LogP contribution in [0.5, 0.6) is 0 Å². The van der Waals surface area contributed by atoms with E-state index in [1.165, 1.54) is 38.5 Å². The van der Waals surface area contributed by atoms with Crippen LogP contribution in [0, 0.1) is 0 Å². The number of rotatable bonds is 2. The molecule has 2 heteroatoms. The van der Waals surface area contributed by atoms with Gasteiger partial charge in [0.2, 0.25) is 0 Å². The zero-order valence-electron chi connectivity index (χ0n) is 14.4. The van der Waals surface area contributed by atoms with Crippen LogP contribution in [0.4, 0.5) is 0 Å². The number of H-pyrrole nitrogens is 1. The number of fused-ring (bicyclic) bond motifs is 4. The second-order valence-corrected chi connectivity index (χ2v) is 7.23. The summed E-state index contributed by atoms with van der Waals surface area (Å²) in [5.74, 6) is 0. The third-order valence-corrected chi connectivity index (χ3v) is 5.50. The molecule has 0 amide bonds. The van der Waals surface area contributed by atoms with E-state index in [4.69, 9.17) is 0 Å². The lowest BCUT2D eigenvalue weighted by molar-refractivity contribution is 0.417. The van der Waals surface area contributed by atoms with Crippen molar-refractivity contribution < 1.29 is 0 Å². The number of para-hydroxylation sites is 1. The number of benzene rings is 3. The van der Waals surface area contributed by atoms with Gasteiger partial charge in [-0.15, -0.1) is 0 Å². The summed E-state index contributed by atoms with van der Waals surface area (Å²) in [6, 6.07) is 24.8. The number of hydrogen-bond donors (Lipinski definition) is 2. The van der Waals surface area contributed by atoms with Crippen LogP contribution in [0.1, 0.15) is 29.8 Å². The zero-order chi connectivity index (χ0) is 16.8. The highest BCUT2D eigenvalue weighted by Gasteiger charge is 2.27. The molecule has 2 atom stereocenters. The van der Waals surface area contributed by atoms with Gasteiger partial charge in [0, 0.05) is 22.6 Å². The van der Waals surface area contributed by atoms with Crippen molar-refractivity contribution in [3.8, 4) is 0 Å². The van der Waals surface area contributed by atoms with Gasteiger partial charge < -0.3 is 10.3 Å². The van der Waals surface area contributed by atoms with Gasteiger partial charge in [0.15, 0.2) is 0 Å². The molecule has 0 spiro atoms. The third-order valence-electron chi connectivity index (χ3n) is 5.50. The first-order chi connectivity index (χ1) is 12.3. The molecule has 1 aromatic heterocycles. The summed E-state index contributed by atoms with van der Waals surface area (Å²) in [6.45, 7) is 2.29. The van der Waals surface area contributed by atoms with E-state index in [0.717, 1.165) is 12.8 Å². The van der Waals surface area contributed by atoms with Crippen molar-refractivity contribution in [2.45, 2.75) is 31.8 Å². The van der Waals surface area contributed by atoms with Gasteiger partial charge in [0.1, 0.15) is 0 Å². The van der Waals surface area contributed by atoms with Crippen molar-refractivity contribution in [3.63, 3.8) is 0 Å². The molecule has 25 heavy (non-hydrogen) atoms. The summed E-state index contributed by atoms with van der Waals surface area (Å²) in [5, 5.41) is 7.88. The first-order valence-corrected chi connectivity index (χ1v) is 9.12. The lowest BCUT2D eigenvalue weighted by atomic mass is 9.90. The van der Waals surface area contributed by atoms with Crippen LogP contribution in [-0.4, -0.2) is 11.0 Å². The third kappa shape index (κ3) is 2.45. The predicted molar refractivity (Wildman–Crippen MR) is 105 cm³/mol. The molecule has 2 heterocycles. The fourth-order valence-electron chi connectivity index (χ4n) is 4.38. The highest BCUT2D eigenvalue weighted by atomic mass is 15.0. The van der Waals surface area contributed by atoms with Crippen molar-refractivity contribution in [3.05, 3.63) is 83.6 Å². The van der Waals surface area contributed by atoms with E-state index in [0.29, 0.717) is 12.1 Å². The maximum absolute atomic E-state index is 3.82. The molecule has 4 aromatic rings. The Labute approximate surface area is 147 Å². The lowest BCUT2D eigenvalue weighted by Crippen LogP contribution is -2.38. The van der Waals surface area contributed by atoms with Crippen molar-refractivity contribution in [1.29, 1.82) is 0 Å². The molecule has 0 radical (unpaired) electrons. The highest BCUT2D eigenvalue weighted by Crippen LogP contribution is 2.34. The second-order valence-electron chi connectivity index (χ2n) is 7.23. The molecule has 0 bridgehead atoms. The molecular formula is C23H22N2. The molecule has 5 rings (SSSR count). The van der Waals surface area contributed by atoms with Crippen molar-refractivity contribution in [2.24, 2.45) is 0 Å². The van der Waals surface area contributed by atoms with E-state index in [2.05, 4.69) is 84.0 Å². The Hall–Kier alpha value is -2.58. The van der Waals surface area contributed by atoms with Crippen LogP contribution >= 0.6 is 0 Å².